The molecule has 0 aromatic heterocycles. The van der Waals surface area contributed by atoms with E-state index in [2.05, 4.69) is 13.2 Å². The van der Waals surface area contributed by atoms with Gasteiger partial charge < -0.3 is 14.7 Å². The third kappa shape index (κ3) is 6.47. The van der Waals surface area contributed by atoms with Crippen LogP contribution in [0.5, 0.6) is 0 Å². The molecular formula is C28H30F3N3O3. The largest absolute Gasteiger partial charge is 0.416 e. The minimum absolute atomic E-state index is 0.0174. The number of hydrogen-bond acceptors (Lipinski definition) is 3. The zero-order valence-electron chi connectivity index (χ0n) is 20.8. The van der Waals surface area contributed by atoms with Gasteiger partial charge in [-0.3, -0.25) is 14.4 Å². The van der Waals surface area contributed by atoms with E-state index in [1.54, 1.807) is 35.2 Å². The molecule has 2 aromatic carbocycles. The van der Waals surface area contributed by atoms with Crippen molar-refractivity contribution in [2.75, 3.05) is 24.5 Å². The van der Waals surface area contributed by atoms with Gasteiger partial charge in [-0.15, -0.1) is 13.2 Å². The van der Waals surface area contributed by atoms with Crippen molar-refractivity contribution < 1.29 is 27.6 Å². The molecule has 3 rings (SSSR count). The van der Waals surface area contributed by atoms with Gasteiger partial charge in [-0.1, -0.05) is 37.3 Å². The molecule has 0 saturated heterocycles. The van der Waals surface area contributed by atoms with Crippen LogP contribution in [-0.4, -0.2) is 47.2 Å². The van der Waals surface area contributed by atoms with Crippen molar-refractivity contribution in [3.05, 3.63) is 90.0 Å². The number of carbonyl (C=O) groups is 3. The molecule has 2 aromatic rings. The summed E-state index contributed by atoms with van der Waals surface area (Å²) >= 11 is 0. The van der Waals surface area contributed by atoms with Crippen LogP contribution in [0, 0.1) is 0 Å². The zero-order chi connectivity index (χ0) is 27.2. The van der Waals surface area contributed by atoms with Crippen LogP contribution >= 0.6 is 0 Å². The number of anilines is 1. The predicted molar refractivity (Wildman–Crippen MR) is 136 cm³/mol. The number of benzene rings is 2. The van der Waals surface area contributed by atoms with Gasteiger partial charge in [-0.2, -0.15) is 13.2 Å². The van der Waals surface area contributed by atoms with E-state index < -0.39 is 23.6 Å². The standard InChI is InChI=1S/C28H30F3N3O3/c1-4-8-25(35)33-18-22-23(28(29,30)31)9-7-10-24(22)34(26(36)19-33)17-20-11-13-21(14-12-20)27(37)32(15-5-2)16-6-3/h4-5,7,9-14H,1-2,6,8,15-19H2,3H3. The first-order chi connectivity index (χ1) is 17.6. The summed E-state index contributed by atoms with van der Waals surface area (Å²) in [6.45, 7) is 9.44. The van der Waals surface area contributed by atoms with Crippen LogP contribution in [0.15, 0.2) is 67.8 Å². The molecule has 1 aliphatic rings. The van der Waals surface area contributed by atoms with Crippen LogP contribution < -0.4 is 4.90 Å². The van der Waals surface area contributed by atoms with E-state index in [1.807, 2.05) is 6.92 Å². The van der Waals surface area contributed by atoms with Gasteiger partial charge in [0.15, 0.2) is 0 Å². The van der Waals surface area contributed by atoms with Gasteiger partial charge in [-0.05, 0) is 36.2 Å². The minimum Gasteiger partial charge on any atom is -0.335 e. The molecule has 6 nitrogen and oxygen atoms in total. The Hall–Kier alpha value is -3.88. The Morgan fingerprint density at radius 2 is 1.76 bits per heavy atom. The molecule has 1 aliphatic heterocycles. The highest BCUT2D eigenvalue weighted by atomic mass is 19.4. The number of halogens is 3. The molecule has 0 aliphatic carbocycles. The number of alkyl halides is 3. The Bertz CT molecular complexity index is 1180. The summed E-state index contributed by atoms with van der Waals surface area (Å²) in [6.07, 6.45) is -0.947. The second kappa shape index (κ2) is 11.9. The second-order valence-electron chi connectivity index (χ2n) is 8.76. The summed E-state index contributed by atoms with van der Waals surface area (Å²) in [6, 6.07) is 10.3. The average Bonchev–Trinajstić information content (AvgIpc) is 3.00. The van der Waals surface area contributed by atoms with Crippen molar-refractivity contribution in [1.29, 1.82) is 0 Å². The lowest BCUT2D eigenvalue weighted by Crippen LogP contribution is -2.39. The fourth-order valence-electron chi connectivity index (χ4n) is 4.31. The molecule has 0 bridgehead atoms. The van der Waals surface area contributed by atoms with Crippen LogP contribution in [0.1, 0.15) is 46.8 Å². The van der Waals surface area contributed by atoms with Gasteiger partial charge in [0.2, 0.25) is 11.8 Å². The summed E-state index contributed by atoms with van der Waals surface area (Å²) in [7, 11) is 0. The van der Waals surface area contributed by atoms with E-state index in [0.29, 0.717) is 24.2 Å². The molecule has 3 amide bonds. The van der Waals surface area contributed by atoms with Crippen molar-refractivity contribution in [2.45, 2.75) is 39.0 Å². The Morgan fingerprint density at radius 3 is 2.35 bits per heavy atom. The highest BCUT2D eigenvalue weighted by Gasteiger charge is 2.38. The highest BCUT2D eigenvalue weighted by molar-refractivity contribution is 5.99. The number of fused-ring (bicyclic) bond motifs is 1. The quantitative estimate of drug-likeness (QED) is 0.434. The topological polar surface area (TPSA) is 60.9 Å². The molecule has 0 unspecified atom stereocenters. The first-order valence-electron chi connectivity index (χ1n) is 12.0. The summed E-state index contributed by atoms with van der Waals surface area (Å²) in [5.41, 5.74) is 0.172. The molecule has 196 valence electrons. The van der Waals surface area contributed by atoms with Crippen molar-refractivity contribution in [2.24, 2.45) is 0 Å². The molecule has 0 saturated carbocycles. The molecule has 0 N–H and O–H groups in total. The molecule has 0 atom stereocenters. The summed E-state index contributed by atoms with van der Waals surface area (Å²) in [4.78, 5) is 42.7. The maximum atomic E-state index is 13.9. The normalized spacial score (nSPS) is 13.6. The van der Waals surface area contributed by atoms with E-state index in [9.17, 15) is 27.6 Å². The molecule has 37 heavy (non-hydrogen) atoms. The van der Waals surface area contributed by atoms with Gasteiger partial charge in [0.1, 0.15) is 6.54 Å². The average molecular weight is 514 g/mol. The maximum Gasteiger partial charge on any atom is 0.416 e. The predicted octanol–water partition coefficient (Wildman–Crippen LogP) is 5.20. The number of nitrogens with zero attached hydrogens (tertiary/aromatic N) is 3. The molecule has 0 spiro atoms. The smallest absolute Gasteiger partial charge is 0.335 e. The van der Waals surface area contributed by atoms with Gasteiger partial charge in [-0.25, -0.2) is 0 Å². The molecular weight excluding hydrogens is 483 g/mol. The monoisotopic (exact) mass is 513 g/mol. The molecule has 9 heteroatoms. The third-order valence-corrected chi connectivity index (χ3v) is 6.07. The van der Waals surface area contributed by atoms with Crippen LogP contribution in [0.2, 0.25) is 0 Å². The van der Waals surface area contributed by atoms with E-state index in [0.717, 1.165) is 17.4 Å². The molecule has 0 radical (unpaired) electrons. The summed E-state index contributed by atoms with van der Waals surface area (Å²) in [5, 5.41) is 0. The minimum atomic E-state index is -4.66. The third-order valence-electron chi connectivity index (χ3n) is 6.07. The van der Waals surface area contributed by atoms with Crippen molar-refractivity contribution in [3.8, 4) is 0 Å². The number of rotatable bonds is 9. The Morgan fingerprint density at radius 1 is 1.05 bits per heavy atom. The SMILES string of the molecule is C=CCC(=O)N1CC(=O)N(Cc2ccc(C(=O)N(CC=C)CCC)cc2)c2cccc(C(F)(F)F)c2C1. The Labute approximate surface area is 214 Å². The van der Waals surface area contributed by atoms with E-state index >= 15 is 0 Å². The Balaban J connectivity index is 1.95. The van der Waals surface area contributed by atoms with Crippen LogP contribution in [-0.2, 0) is 28.9 Å². The fourth-order valence-corrected chi connectivity index (χ4v) is 4.31. The molecule has 0 fully saturated rings. The van der Waals surface area contributed by atoms with E-state index in [4.69, 9.17) is 0 Å². The van der Waals surface area contributed by atoms with Gasteiger partial charge in [0.25, 0.3) is 5.91 Å². The van der Waals surface area contributed by atoms with E-state index in [1.165, 1.54) is 23.1 Å². The lowest BCUT2D eigenvalue weighted by molar-refractivity contribution is -0.140. The highest BCUT2D eigenvalue weighted by Crippen LogP contribution is 2.38. The zero-order valence-corrected chi connectivity index (χ0v) is 20.8. The maximum absolute atomic E-state index is 13.9. The summed E-state index contributed by atoms with van der Waals surface area (Å²) in [5.74, 6) is -1.14. The molecule has 1 heterocycles. The van der Waals surface area contributed by atoms with Gasteiger partial charge in [0, 0.05) is 42.9 Å². The van der Waals surface area contributed by atoms with Crippen LogP contribution in [0.4, 0.5) is 18.9 Å². The van der Waals surface area contributed by atoms with Crippen molar-refractivity contribution in [1.82, 2.24) is 9.80 Å². The number of carbonyl (C=O) groups excluding carboxylic acids is 3. The second-order valence-corrected chi connectivity index (χ2v) is 8.76. The number of amides is 3. The lowest BCUT2D eigenvalue weighted by atomic mass is 10.0. The fraction of sp³-hybridized carbons (Fsp3) is 0.321. The van der Waals surface area contributed by atoms with Crippen LogP contribution in [0.25, 0.3) is 0 Å². The first-order valence-corrected chi connectivity index (χ1v) is 12.0. The number of hydrogen-bond donors (Lipinski definition) is 0. The van der Waals surface area contributed by atoms with Crippen LogP contribution in [0.3, 0.4) is 0 Å². The lowest BCUT2D eigenvalue weighted by Gasteiger charge is -2.24. The van der Waals surface area contributed by atoms with E-state index in [-0.39, 0.29) is 43.2 Å². The van der Waals surface area contributed by atoms with Crippen molar-refractivity contribution in [3.63, 3.8) is 0 Å². The summed E-state index contributed by atoms with van der Waals surface area (Å²) < 4.78 is 41.6. The van der Waals surface area contributed by atoms with Gasteiger partial charge >= 0.3 is 6.18 Å². The first kappa shape index (κ1) is 27.7. The van der Waals surface area contributed by atoms with Gasteiger partial charge in [0.05, 0.1) is 12.1 Å². The van der Waals surface area contributed by atoms with Crippen molar-refractivity contribution >= 4 is 23.4 Å². The Kier molecular flexibility index (Phi) is 8.91.